The van der Waals surface area contributed by atoms with Crippen molar-refractivity contribution in [1.82, 2.24) is 4.98 Å². The third-order valence-electron chi connectivity index (χ3n) is 1.46. The molecule has 4 N–H and O–H groups in total. The number of nitrogens with zero attached hydrogens (tertiary/aromatic N) is 1. The lowest BCUT2D eigenvalue weighted by Crippen LogP contribution is -1.97. The molecule has 0 aliphatic heterocycles. The van der Waals surface area contributed by atoms with Gasteiger partial charge in [0.1, 0.15) is 0 Å². The molecule has 1 rings (SSSR count). The lowest BCUT2D eigenvalue weighted by atomic mass is 10.2. The van der Waals surface area contributed by atoms with Crippen molar-refractivity contribution in [2.75, 3.05) is 5.73 Å². The van der Waals surface area contributed by atoms with Crippen molar-refractivity contribution in [1.29, 1.82) is 0 Å². The van der Waals surface area contributed by atoms with Gasteiger partial charge in [-0.3, -0.25) is 4.98 Å². The molecule has 0 unspecified atom stereocenters. The van der Waals surface area contributed by atoms with Crippen molar-refractivity contribution in [3.8, 4) is 0 Å². The molecule has 0 aliphatic carbocycles. The van der Waals surface area contributed by atoms with Crippen LogP contribution in [-0.4, -0.2) is 4.98 Å². The molecule has 1 aromatic rings. The molecule has 0 radical (unpaired) electrons. The maximum Gasteiger partial charge on any atom is 0.0879 e. The fourth-order valence-corrected chi connectivity index (χ4v) is 0.919. The van der Waals surface area contributed by atoms with Gasteiger partial charge in [-0.05, 0) is 32.1 Å². The number of anilines is 1. The summed E-state index contributed by atoms with van der Waals surface area (Å²) in [7, 11) is 0. The number of nitrogens with two attached hydrogens (primary N) is 2. The quantitative estimate of drug-likeness (QED) is 0.719. The Bertz CT molecular complexity index is 312. The molecule has 78 valence electrons. The van der Waals surface area contributed by atoms with Crippen LogP contribution in [0, 0.1) is 6.92 Å². The van der Waals surface area contributed by atoms with E-state index in [0.717, 1.165) is 11.4 Å². The number of hydrogen-bond donors (Lipinski definition) is 2. The molecule has 0 saturated carbocycles. The normalized spacial score (nSPS) is 10.4. The first-order valence-electron chi connectivity index (χ1n) is 4.76. The van der Waals surface area contributed by atoms with E-state index in [0.29, 0.717) is 11.4 Å². The van der Waals surface area contributed by atoms with Gasteiger partial charge in [0, 0.05) is 11.4 Å². The van der Waals surface area contributed by atoms with Crippen LogP contribution >= 0.6 is 0 Å². The van der Waals surface area contributed by atoms with Gasteiger partial charge >= 0.3 is 0 Å². The zero-order chi connectivity index (χ0) is 11.1. The van der Waals surface area contributed by atoms with Crippen LogP contribution in [0.5, 0.6) is 0 Å². The highest BCUT2D eigenvalue weighted by Gasteiger charge is 1.96. The van der Waals surface area contributed by atoms with E-state index in [9.17, 15) is 0 Å². The Labute approximate surface area is 85.8 Å². The Morgan fingerprint density at radius 1 is 1.36 bits per heavy atom. The monoisotopic (exact) mass is 193 g/mol. The predicted octanol–water partition coefficient (Wildman–Crippen LogP) is 2.32. The molecule has 1 heterocycles. The van der Waals surface area contributed by atoms with Crippen molar-refractivity contribution in [2.45, 2.75) is 27.7 Å². The molecule has 0 aliphatic rings. The van der Waals surface area contributed by atoms with Crippen LogP contribution in [0.25, 0.3) is 6.08 Å². The SMILES string of the molecule is C/C(N)=C/c1nc(C)ccc1N.CC. The van der Waals surface area contributed by atoms with E-state index in [1.54, 1.807) is 6.08 Å². The second-order valence-electron chi connectivity index (χ2n) is 2.82. The highest BCUT2D eigenvalue weighted by atomic mass is 14.7. The van der Waals surface area contributed by atoms with Gasteiger partial charge in [-0.25, -0.2) is 0 Å². The minimum Gasteiger partial charge on any atom is -0.402 e. The van der Waals surface area contributed by atoms with E-state index in [2.05, 4.69) is 4.98 Å². The molecular formula is C11H19N3. The fraction of sp³-hybridized carbons (Fsp3) is 0.364. The molecule has 0 bridgehead atoms. The molecule has 1 aromatic heterocycles. The summed E-state index contributed by atoms with van der Waals surface area (Å²) in [6, 6.07) is 3.70. The van der Waals surface area contributed by atoms with Crippen LogP contribution in [0.2, 0.25) is 0 Å². The van der Waals surface area contributed by atoms with Crippen molar-refractivity contribution in [3.05, 3.63) is 29.2 Å². The van der Waals surface area contributed by atoms with Gasteiger partial charge in [-0.2, -0.15) is 0 Å². The number of rotatable bonds is 1. The Kier molecular flexibility index (Phi) is 5.37. The predicted molar refractivity (Wildman–Crippen MR) is 62.6 cm³/mol. The minimum atomic E-state index is 0.658. The fourth-order valence-electron chi connectivity index (χ4n) is 0.919. The Hall–Kier alpha value is -1.51. The Morgan fingerprint density at radius 3 is 2.43 bits per heavy atom. The van der Waals surface area contributed by atoms with Gasteiger partial charge in [-0.1, -0.05) is 13.8 Å². The smallest absolute Gasteiger partial charge is 0.0879 e. The topological polar surface area (TPSA) is 64.9 Å². The van der Waals surface area contributed by atoms with Crippen LogP contribution in [-0.2, 0) is 0 Å². The molecule has 0 amide bonds. The van der Waals surface area contributed by atoms with Crippen molar-refractivity contribution in [2.24, 2.45) is 5.73 Å². The molecule has 3 heteroatoms. The van der Waals surface area contributed by atoms with E-state index >= 15 is 0 Å². The molecule has 0 atom stereocenters. The second-order valence-corrected chi connectivity index (χ2v) is 2.82. The highest BCUT2D eigenvalue weighted by molar-refractivity contribution is 5.61. The minimum absolute atomic E-state index is 0.658. The summed E-state index contributed by atoms with van der Waals surface area (Å²) in [6.45, 7) is 7.73. The first-order valence-corrected chi connectivity index (χ1v) is 4.76. The second kappa shape index (κ2) is 6.02. The first kappa shape index (κ1) is 12.5. The molecule has 14 heavy (non-hydrogen) atoms. The van der Waals surface area contributed by atoms with Gasteiger partial charge < -0.3 is 11.5 Å². The summed E-state index contributed by atoms with van der Waals surface area (Å²) in [4.78, 5) is 4.23. The first-order chi connectivity index (χ1) is 6.59. The highest BCUT2D eigenvalue weighted by Crippen LogP contribution is 2.11. The largest absolute Gasteiger partial charge is 0.402 e. The van der Waals surface area contributed by atoms with Crippen LogP contribution in [0.4, 0.5) is 5.69 Å². The standard InChI is InChI=1S/C9H13N3.C2H6/c1-6(10)5-9-8(11)4-3-7(2)12-9;1-2/h3-5H,10-11H2,1-2H3;1-2H3/b6-5-;. The van der Waals surface area contributed by atoms with Gasteiger partial charge in [0.25, 0.3) is 0 Å². The summed E-state index contributed by atoms with van der Waals surface area (Å²) in [5.74, 6) is 0. The van der Waals surface area contributed by atoms with E-state index in [1.165, 1.54) is 0 Å². The molecule has 0 spiro atoms. The maximum atomic E-state index is 5.68. The van der Waals surface area contributed by atoms with Crippen LogP contribution < -0.4 is 11.5 Å². The number of aromatic nitrogens is 1. The molecule has 3 nitrogen and oxygen atoms in total. The zero-order valence-corrected chi connectivity index (χ0v) is 9.33. The third kappa shape index (κ3) is 3.94. The number of aryl methyl sites for hydroxylation is 1. The van der Waals surface area contributed by atoms with E-state index < -0.39 is 0 Å². The lowest BCUT2D eigenvalue weighted by molar-refractivity contribution is 1.18. The summed E-state index contributed by atoms with van der Waals surface area (Å²) in [5.41, 5.74) is 14.2. The summed E-state index contributed by atoms with van der Waals surface area (Å²) < 4.78 is 0. The average molecular weight is 193 g/mol. The third-order valence-corrected chi connectivity index (χ3v) is 1.46. The Morgan fingerprint density at radius 2 is 1.93 bits per heavy atom. The van der Waals surface area contributed by atoms with Crippen molar-refractivity contribution < 1.29 is 0 Å². The van der Waals surface area contributed by atoms with Crippen molar-refractivity contribution >= 4 is 11.8 Å². The van der Waals surface area contributed by atoms with Gasteiger partial charge in [0.2, 0.25) is 0 Å². The maximum absolute atomic E-state index is 5.68. The van der Waals surface area contributed by atoms with Gasteiger partial charge in [0.15, 0.2) is 0 Å². The number of nitrogen functional groups attached to an aromatic ring is 1. The number of pyridine rings is 1. The van der Waals surface area contributed by atoms with E-state index in [1.807, 2.05) is 39.8 Å². The lowest BCUT2D eigenvalue weighted by Gasteiger charge is -2.00. The van der Waals surface area contributed by atoms with Gasteiger partial charge in [0.05, 0.1) is 11.4 Å². The number of allylic oxidation sites excluding steroid dienone is 1. The Balaban J connectivity index is 0.000000791. The van der Waals surface area contributed by atoms with E-state index in [-0.39, 0.29) is 0 Å². The van der Waals surface area contributed by atoms with Crippen LogP contribution in [0.3, 0.4) is 0 Å². The van der Waals surface area contributed by atoms with Crippen LogP contribution in [0.15, 0.2) is 17.8 Å². The zero-order valence-electron chi connectivity index (χ0n) is 9.33. The van der Waals surface area contributed by atoms with E-state index in [4.69, 9.17) is 11.5 Å². The summed E-state index contributed by atoms with van der Waals surface area (Å²) in [5, 5.41) is 0. The van der Waals surface area contributed by atoms with Crippen molar-refractivity contribution in [3.63, 3.8) is 0 Å². The summed E-state index contributed by atoms with van der Waals surface area (Å²) in [6.07, 6.45) is 1.77. The molecular weight excluding hydrogens is 174 g/mol. The molecule has 0 saturated heterocycles. The average Bonchev–Trinajstić information content (AvgIpc) is 2.14. The molecule has 0 aromatic carbocycles. The summed E-state index contributed by atoms with van der Waals surface area (Å²) >= 11 is 0. The molecule has 0 fully saturated rings. The van der Waals surface area contributed by atoms with Gasteiger partial charge in [-0.15, -0.1) is 0 Å². The van der Waals surface area contributed by atoms with Crippen LogP contribution in [0.1, 0.15) is 32.2 Å². The number of hydrogen-bond acceptors (Lipinski definition) is 3.